The third-order valence-corrected chi connectivity index (χ3v) is 3.62. The van der Waals surface area contributed by atoms with E-state index in [4.69, 9.17) is 28.9 Å². The van der Waals surface area contributed by atoms with Crippen LogP contribution < -0.4 is 11.1 Å². The van der Waals surface area contributed by atoms with Crippen LogP contribution in [0.5, 0.6) is 0 Å². The molecule has 0 heterocycles. The minimum atomic E-state index is -0.665. The first-order valence-electron chi connectivity index (χ1n) is 5.68. The average molecular weight is 328 g/mol. The van der Waals surface area contributed by atoms with Gasteiger partial charge < -0.3 is 11.1 Å². The van der Waals surface area contributed by atoms with Crippen LogP contribution in [0.15, 0.2) is 12.1 Å². The van der Waals surface area contributed by atoms with Gasteiger partial charge in [0.2, 0.25) is 0 Å². The molecule has 0 bridgehead atoms. The lowest BCUT2D eigenvalue weighted by Gasteiger charge is -2.16. The molecule has 0 saturated heterocycles. The molecule has 1 atom stereocenters. The van der Waals surface area contributed by atoms with Crippen LogP contribution in [0.25, 0.3) is 0 Å². The number of rotatable bonds is 4. The number of nitrogens with two attached hydrogens (primary N) is 1. The summed E-state index contributed by atoms with van der Waals surface area (Å²) in [7, 11) is 0. The Hall–Kier alpha value is -0.550. The Morgan fingerprint density at radius 3 is 2.58 bits per heavy atom. The van der Waals surface area contributed by atoms with Crippen molar-refractivity contribution in [1.82, 2.24) is 5.32 Å². The first kappa shape index (κ1) is 16.5. The van der Waals surface area contributed by atoms with Crippen molar-refractivity contribution in [2.45, 2.75) is 18.9 Å². The lowest BCUT2D eigenvalue weighted by Crippen LogP contribution is -2.41. The first-order valence-corrected chi connectivity index (χ1v) is 6.44. The molecular weight excluding hydrogens is 314 g/mol. The number of carbonyl (C=O) groups excluding carboxylic acids is 1. The van der Waals surface area contributed by atoms with Crippen LogP contribution in [0.1, 0.15) is 23.2 Å². The summed E-state index contributed by atoms with van der Waals surface area (Å²) in [6.45, 7) is 0.365. The number of amides is 1. The van der Waals surface area contributed by atoms with E-state index in [1.165, 1.54) is 6.07 Å². The first-order chi connectivity index (χ1) is 8.52. The Bertz CT molecular complexity index is 480. The molecular formula is C12H14Cl3FN2O. The van der Waals surface area contributed by atoms with Crippen molar-refractivity contribution in [3.63, 3.8) is 0 Å². The molecule has 1 aromatic carbocycles. The monoisotopic (exact) mass is 326 g/mol. The molecule has 1 unspecified atom stereocenters. The van der Waals surface area contributed by atoms with Crippen LogP contribution in [0.4, 0.5) is 4.39 Å². The van der Waals surface area contributed by atoms with Gasteiger partial charge in [0.25, 0.3) is 5.91 Å². The van der Waals surface area contributed by atoms with Gasteiger partial charge in [-0.2, -0.15) is 0 Å². The zero-order valence-corrected chi connectivity index (χ0v) is 12.3. The number of carbonyl (C=O) groups is 1. The van der Waals surface area contributed by atoms with Crippen LogP contribution in [0.2, 0.25) is 10.0 Å². The van der Waals surface area contributed by atoms with E-state index in [2.05, 4.69) is 5.32 Å². The maximum Gasteiger partial charge on any atom is 0.253 e. The van der Waals surface area contributed by atoms with Gasteiger partial charge in [0.1, 0.15) is 5.82 Å². The summed E-state index contributed by atoms with van der Waals surface area (Å²) in [5.41, 5.74) is 5.67. The molecule has 1 saturated carbocycles. The maximum absolute atomic E-state index is 13.3. The number of hydrogen-bond donors (Lipinski definition) is 2. The van der Waals surface area contributed by atoms with E-state index in [-0.39, 0.29) is 34.1 Å². The van der Waals surface area contributed by atoms with E-state index in [1.54, 1.807) is 0 Å². The second kappa shape index (κ2) is 6.75. The Kier molecular flexibility index (Phi) is 5.86. The average Bonchev–Trinajstić information content (AvgIpc) is 3.14. The highest BCUT2D eigenvalue weighted by atomic mass is 35.5. The van der Waals surface area contributed by atoms with E-state index >= 15 is 0 Å². The van der Waals surface area contributed by atoms with Crippen molar-refractivity contribution in [2.75, 3.05) is 6.54 Å². The Labute approximate surface area is 127 Å². The zero-order valence-electron chi connectivity index (χ0n) is 9.96. The number of benzene rings is 1. The van der Waals surface area contributed by atoms with Crippen LogP contribution in [0.3, 0.4) is 0 Å². The summed E-state index contributed by atoms with van der Waals surface area (Å²) in [6, 6.07) is 2.19. The smallest absolute Gasteiger partial charge is 0.253 e. The maximum atomic E-state index is 13.3. The number of halogens is 4. The molecule has 3 N–H and O–H groups in total. The van der Waals surface area contributed by atoms with Crippen molar-refractivity contribution in [2.24, 2.45) is 11.7 Å². The van der Waals surface area contributed by atoms with Gasteiger partial charge in [0.15, 0.2) is 0 Å². The summed E-state index contributed by atoms with van der Waals surface area (Å²) in [5.74, 6) is -0.658. The largest absolute Gasteiger partial charge is 0.348 e. The topological polar surface area (TPSA) is 55.1 Å². The normalized spacial score (nSPS) is 15.6. The third kappa shape index (κ3) is 3.96. The van der Waals surface area contributed by atoms with Crippen molar-refractivity contribution in [1.29, 1.82) is 0 Å². The predicted octanol–water partition coefficient (Wildman–Crippen LogP) is 3.02. The second-order valence-electron chi connectivity index (χ2n) is 4.40. The van der Waals surface area contributed by atoms with Crippen molar-refractivity contribution in [3.8, 4) is 0 Å². The molecule has 1 aliphatic carbocycles. The molecule has 106 valence electrons. The molecule has 0 radical (unpaired) electrons. The molecule has 7 heteroatoms. The van der Waals surface area contributed by atoms with E-state index in [0.29, 0.717) is 12.5 Å². The molecule has 2 rings (SSSR count). The standard InChI is InChI=1S/C12H13Cl2FN2O.ClH/c13-8-4-9(14)10(15)3-7(8)12(18)17-11(5-16)6-1-2-6;/h3-4,6,11H,1-2,5,16H2,(H,17,18);1H. The summed E-state index contributed by atoms with van der Waals surface area (Å²) in [5, 5.41) is 2.80. The predicted molar refractivity (Wildman–Crippen MR) is 76.7 cm³/mol. The molecule has 1 aliphatic rings. The van der Waals surface area contributed by atoms with Gasteiger partial charge in [-0.05, 0) is 30.9 Å². The van der Waals surface area contributed by atoms with Crippen molar-refractivity contribution >= 4 is 41.5 Å². The van der Waals surface area contributed by atoms with E-state index in [9.17, 15) is 9.18 Å². The molecule has 0 aromatic heterocycles. The lowest BCUT2D eigenvalue weighted by molar-refractivity contribution is 0.0933. The Morgan fingerprint density at radius 1 is 1.42 bits per heavy atom. The molecule has 1 fully saturated rings. The fraction of sp³-hybridized carbons (Fsp3) is 0.417. The Balaban J connectivity index is 0.00000180. The van der Waals surface area contributed by atoms with Gasteiger partial charge in [0.05, 0.1) is 15.6 Å². The molecule has 19 heavy (non-hydrogen) atoms. The summed E-state index contributed by atoms with van der Waals surface area (Å²) >= 11 is 11.4. The van der Waals surface area contributed by atoms with E-state index < -0.39 is 11.7 Å². The van der Waals surface area contributed by atoms with Crippen molar-refractivity contribution in [3.05, 3.63) is 33.6 Å². The quantitative estimate of drug-likeness (QED) is 0.835. The fourth-order valence-electron chi connectivity index (χ4n) is 1.81. The molecule has 1 amide bonds. The van der Waals surface area contributed by atoms with Gasteiger partial charge in [-0.25, -0.2) is 4.39 Å². The van der Waals surface area contributed by atoms with Crippen molar-refractivity contribution < 1.29 is 9.18 Å². The lowest BCUT2D eigenvalue weighted by atomic mass is 10.1. The zero-order chi connectivity index (χ0) is 13.3. The highest BCUT2D eigenvalue weighted by Crippen LogP contribution is 2.32. The van der Waals surface area contributed by atoms with Crippen LogP contribution in [-0.4, -0.2) is 18.5 Å². The highest BCUT2D eigenvalue weighted by Gasteiger charge is 2.31. The van der Waals surface area contributed by atoms with Gasteiger partial charge in [-0.15, -0.1) is 12.4 Å². The SMILES string of the molecule is Cl.NCC(NC(=O)c1cc(F)c(Cl)cc1Cl)C1CC1. The van der Waals surface area contributed by atoms with Crippen LogP contribution in [-0.2, 0) is 0 Å². The van der Waals surface area contributed by atoms with Gasteiger partial charge in [-0.3, -0.25) is 4.79 Å². The number of nitrogens with one attached hydrogen (secondary N) is 1. The van der Waals surface area contributed by atoms with Gasteiger partial charge >= 0.3 is 0 Å². The van der Waals surface area contributed by atoms with E-state index in [1.807, 2.05) is 0 Å². The summed E-state index contributed by atoms with van der Waals surface area (Å²) in [6.07, 6.45) is 2.12. The van der Waals surface area contributed by atoms with Gasteiger partial charge in [-0.1, -0.05) is 23.2 Å². The highest BCUT2D eigenvalue weighted by molar-refractivity contribution is 6.36. The second-order valence-corrected chi connectivity index (χ2v) is 5.21. The van der Waals surface area contributed by atoms with Crippen LogP contribution >= 0.6 is 35.6 Å². The van der Waals surface area contributed by atoms with Crippen LogP contribution in [0, 0.1) is 11.7 Å². The number of hydrogen-bond acceptors (Lipinski definition) is 2. The fourth-order valence-corrected chi connectivity index (χ4v) is 2.28. The summed E-state index contributed by atoms with van der Waals surface area (Å²) < 4.78 is 13.3. The summed E-state index contributed by atoms with van der Waals surface area (Å²) in [4.78, 5) is 12.0. The molecule has 3 nitrogen and oxygen atoms in total. The molecule has 0 spiro atoms. The minimum absolute atomic E-state index is 0. The molecule has 1 aromatic rings. The molecule has 0 aliphatic heterocycles. The Morgan fingerprint density at radius 2 is 2.05 bits per heavy atom. The minimum Gasteiger partial charge on any atom is -0.348 e. The van der Waals surface area contributed by atoms with Gasteiger partial charge in [0, 0.05) is 12.6 Å². The third-order valence-electron chi connectivity index (χ3n) is 3.02. The van der Waals surface area contributed by atoms with E-state index in [0.717, 1.165) is 18.9 Å².